The maximum Gasteiger partial charge on any atom is 0.716 e. The van der Waals surface area contributed by atoms with Gasteiger partial charge in [0.1, 0.15) is 18.3 Å². The summed E-state index contributed by atoms with van der Waals surface area (Å²) in [7, 11) is -5.10. The molecule has 5 atom stereocenters. The van der Waals surface area contributed by atoms with E-state index in [9.17, 15) is 19.6 Å². The Balaban J connectivity index is 4.47. The lowest BCUT2D eigenvalue weighted by Crippen LogP contribution is -2.48. The van der Waals surface area contributed by atoms with Crippen molar-refractivity contribution in [3.05, 3.63) is 0 Å². The van der Waals surface area contributed by atoms with E-state index in [4.69, 9.17) is 30.7 Å². The van der Waals surface area contributed by atoms with E-state index < -0.39 is 44.8 Å². The number of carboxylic acids is 1. The predicted molar refractivity (Wildman–Crippen MR) is 53.8 cm³/mol. The fourth-order valence-corrected chi connectivity index (χ4v) is 1.31. The zero-order chi connectivity index (χ0) is 15.4. The monoisotopic (exact) mass is 309 g/mol. The van der Waals surface area contributed by atoms with Crippen LogP contribution in [0.25, 0.3) is 0 Å². The molecule has 0 radical (unpaired) electrons. The lowest BCUT2D eigenvalue weighted by molar-refractivity contribution is -0.550. The summed E-state index contributed by atoms with van der Waals surface area (Å²) in [6, 6.07) is 0. The largest absolute Gasteiger partial charge is 0.716 e. The molecule has 0 spiro atoms. The van der Waals surface area contributed by atoms with Crippen molar-refractivity contribution >= 4 is 13.8 Å². The Morgan fingerprint density at radius 2 is 1.63 bits per heavy atom. The van der Waals surface area contributed by atoms with Gasteiger partial charge in [-0.15, -0.1) is 0 Å². The van der Waals surface area contributed by atoms with Crippen molar-refractivity contribution in [1.29, 1.82) is 0 Å². The molecule has 0 aromatic carbocycles. The average Bonchev–Trinajstić information content (AvgIpc) is 2.32. The van der Waals surface area contributed by atoms with E-state index in [0.717, 1.165) is 0 Å². The van der Waals surface area contributed by atoms with Crippen LogP contribution in [0, 0.1) is 0 Å². The summed E-state index contributed by atoms with van der Waals surface area (Å²) < 4.78 is 14.3. The van der Waals surface area contributed by atoms with E-state index in [2.05, 4.69) is 4.52 Å². The lowest BCUT2D eigenvalue weighted by Gasteiger charge is -2.24. The van der Waals surface area contributed by atoms with Crippen molar-refractivity contribution in [2.75, 3.05) is 6.61 Å². The maximum atomic E-state index is 10.8. The number of hydrogen-bond donors (Lipinski definition) is 8. The van der Waals surface area contributed by atoms with Crippen molar-refractivity contribution in [3.63, 3.8) is 0 Å². The van der Waals surface area contributed by atoms with Gasteiger partial charge in [0.15, 0.2) is 6.10 Å². The first-order valence-corrected chi connectivity index (χ1v) is 6.05. The van der Waals surface area contributed by atoms with Crippen molar-refractivity contribution in [2.45, 2.75) is 24.4 Å². The van der Waals surface area contributed by atoms with Crippen molar-refractivity contribution in [1.82, 2.24) is 0 Å². The molecule has 0 aliphatic rings. The number of carbonyl (C=O) groups is 1. The van der Waals surface area contributed by atoms with Crippen LogP contribution in [0.15, 0.2) is 0 Å². The number of aliphatic carboxylic acids is 1. The van der Waals surface area contributed by atoms with Crippen LogP contribution < -0.4 is 0 Å². The predicted octanol–water partition coefficient (Wildman–Crippen LogP) is -2.87. The number of aliphatic hydroxyl groups is 4. The molecule has 0 aromatic rings. The zero-order valence-corrected chi connectivity index (χ0v) is 10.1. The summed E-state index contributed by atoms with van der Waals surface area (Å²) in [5.74, 6) is -1.88. The fraction of sp³-hybridized carbons (Fsp3) is 0.833. The summed E-state index contributed by atoms with van der Waals surface area (Å²) in [6.07, 6.45) is -9.04. The van der Waals surface area contributed by atoms with Gasteiger partial charge in [0.25, 0.3) is 0 Å². The van der Waals surface area contributed by atoms with Gasteiger partial charge in [0, 0.05) is 4.46 Å². The number of rotatable bonds is 8. The summed E-state index contributed by atoms with van der Waals surface area (Å²) in [5.41, 5.74) is 0. The third-order valence-electron chi connectivity index (χ3n) is 1.94. The molecule has 0 amide bonds. The highest BCUT2D eigenvalue weighted by Crippen LogP contribution is 2.47. The van der Waals surface area contributed by atoms with Crippen LogP contribution in [0.4, 0.5) is 0 Å². The van der Waals surface area contributed by atoms with Gasteiger partial charge in [0.2, 0.25) is 0 Å². The standard InChI is InChI=1S/C6H13O12P/c7-2(1-17-19(15,16)18(13)14)3(8)4(9)5(10)6(11)12/h2-5,7-10,13-14H,1H2,(H-,11,12,15,16)/p+1/t2-,3-,4+,5-/m1/s1. The van der Waals surface area contributed by atoms with E-state index in [0.29, 0.717) is 0 Å². The SMILES string of the molecule is O=C(O)[C@H](O)[C@@H](O)[C@H](O)[C@H](O)COP(=O)(O)[O+](O)O. The van der Waals surface area contributed by atoms with Gasteiger partial charge in [-0.2, -0.15) is 4.57 Å². The molecule has 0 saturated carbocycles. The van der Waals surface area contributed by atoms with E-state index in [1.54, 1.807) is 0 Å². The number of aliphatic hydroxyl groups excluding tert-OH is 4. The molecular formula is C6H14O12P+. The van der Waals surface area contributed by atoms with Crippen LogP contribution in [0.5, 0.6) is 0 Å². The molecule has 0 aliphatic carbocycles. The molecule has 0 heterocycles. The molecule has 0 bridgehead atoms. The first-order chi connectivity index (χ1) is 8.50. The van der Waals surface area contributed by atoms with Crippen LogP contribution in [-0.2, 0) is 18.3 Å². The van der Waals surface area contributed by atoms with Crippen molar-refractivity contribution in [3.8, 4) is 0 Å². The van der Waals surface area contributed by atoms with Crippen LogP contribution in [-0.4, -0.2) is 77.9 Å². The van der Waals surface area contributed by atoms with Gasteiger partial charge in [-0.25, -0.2) is 9.32 Å². The maximum absolute atomic E-state index is 10.8. The van der Waals surface area contributed by atoms with E-state index >= 15 is 0 Å². The minimum Gasteiger partial charge on any atom is -0.479 e. The Labute approximate surface area is 105 Å². The molecule has 19 heavy (non-hydrogen) atoms. The molecule has 13 heteroatoms. The zero-order valence-electron chi connectivity index (χ0n) is 9.17. The highest BCUT2D eigenvalue weighted by Gasteiger charge is 2.43. The molecule has 0 aromatic heterocycles. The van der Waals surface area contributed by atoms with Crippen molar-refractivity contribution < 1.29 is 59.3 Å². The van der Waals surface area contributed by atoms with Crippen molar-refractivity contribution in [2.24, 2.45) is 0 Å². The summed E-state index contributed by atoms with van der Waals surface area (Å²) >= 11 is 0. The molecule has 0 saturated heterocycles. The van der Waals surface area contributed by atoms with E-state index in [1.165, 1.54) is 0 Å². The Morgan fingerprint density at radius 1 is 1.16 bits per heavy atom. The summed E-state index contributed by atoms with van der Waals surface area (Å²) in [6.45, 7) is -1.18. The third kappa shape index (κ3) is 5.46. The highest BCUT2D eigenvalue weighted by atomic mass is 31.2. The molecule has 12 nitrogen and oxygen atoms in total. The second-order valence-corrected chi connectivity index (χ2v) is 4.86. The van der Waals surface area contributed by atoms with Crippen LogP contribution in [0.3, 0.4) is 0 Å². The van der Waals surface area contributed by atoms with Gasteiger partial charge in [-0.05, 0) is 0 Å². The first-order valence-electron chi connectivity index (χ1n) is 4.56. The molecule has 1 unspecified atom stereocenters. The van der Waals surface area contributed by atoms with Crippen LogP contribution >= 0.6 is 7.82 Å². The van der Waals surface area contributed by atoms with Crippen LogP contribution in [0.2, 0.25) is 0 Å². The van der Waals surface area contributed by atoms with Gasteiger partial charge < -0.3 is 25.5 Å². The summed E-state index contributed by atoms with van der Waals surface area (Å²) in [5, 5.41) is 61.1. The minimum absolute atomic E-state index is 0.372. The molecule has 8 N–H and O–H groups in total. The molecule has 0 aliphatic heterocycles. The van der Waals surface area contributed by atoms with Gasteiger partial charge in [0.05, 0.1) is 6.61 Å². The molecule has 0 fully saturated rings. The first kappa shape index (κ1) is 18.3. The Kier molecular flexibility index (Phi) is 6.96. The topological polar surface area (TPSA) is 208 Å². The number of carboxylic acid groups (broad SMARTS) is 1. The Hall–Kier alpha value is -0.660. The van der Waals surface area contributed by atoms with E-state index in [1.807, 2.05) is 0 Å². The van der Waals surface area contributed by atoms with E-state index in [-0.39, 0.29) is 4.46 Å². The molecule has 0 rings (SSSR count). The normalized spacial score (nSPS) is 21.5. The van der Waals surface area contributed by atoms with Gasteiger partial charge in [-0.3, -0.25) is 4.89 Å². The molecular weight excluding hydrogens is 295 g/mol. The average molecular weight is 309 g/mol. The number of hydrogen-bond acceptors (Lipinski definition) is 9. The highest BCUT2D eigenvalue weighted by molar-refractivity contribution is 7.47. The second-order valence-electron chi connectivity index (χ2n) is 3.34. The smallest absolute Gasteiger partial charge is 0.479 e. The minimum atomic E-state index is -5.10. The van der Waals surface area contributed by atoms with Crippen LogP contribution in [0.1, 0.15) is 0 Å². The third-order valence-corrected chi connectivity index (χ3v) is 2.82. The lowest BCUT2D eigenvalue weighted by atomic mass is 10.0. The van der Waals surface area contributed by atoms with Gasteiger partial charge >= 0.3 is 13.8 Å². The second kappa shape index (κ2) is 7.21. The van der Waals surface area contributed by atoms with Gasteiger partial charge in [-0.1, -0.05) is 10.5 Å². The summed E-state index contributed by atoms with van der Waals surface area (Å²) in [4.78, 5) is 19.0. The Bertz CT molecular complexity index is 343. The molecule has 114 valence electrons. The Morgan fingerprint density at radius 3 is 2.00 bits per heavy atom. The fourth-order valence-electron chi connectivity index (χ4n) is 0.877. The quantitative estimate of drug-likeness (QED) is 0.0988.